The molecule has 3 aromatic rings. The van der Waals surface area contributed by atoms with Crippen molar-refractivity contribution in [3.05, 3.63) is 93.2 Å². The Morgan fingerprint density at radius 2 is 1.54 bits per heavy atom. The molecule has 280 valence electrons. The fraction of sp³-hybridized carbons (Fsp3) is 0.524. The summed E-state index contributed by atoms with van der Waals surface area (Å²) >= 11 is 12.8. The lowest BCUT2D eigenvalue weighted by molar-refractivity contribution is -0.122. The number of pyridine rings is 1. The number of nitrogens with zero attached hydrogens (tertiary/aromatic N) is 4. The normalized spacial score (nSPS) is 20.9. The molecular formula is C42H55Cl2N5O3. The molecule has 0 unspecified atom stereocenters. The van der Waals surface area contributed by atoms with Gasteiger partial charge in [-0.2, -0.15) is 0 Å². The van der Waals surface area contributed by atoms with Crippen molar-refractivity contribution >= 4 is 41.0 Å². The summed E-state index contributed by atoms with van der Waals surface area (Å²) in [7, 11) is 0. The second-order valence-corrected chi connectivity index (χ2v) is 16.4. The van der Waals surface area contributed by atoms with Crippen LogP contribution in [0.4, 0.5) is 4.79 Å². The van der Waals surface area contributed by atoms with E-state index in [1.54, 1.807) is 6.20 Å². The molecule has 0 spiro atoms. The van der Waals surface area contributed by atoms with Crippen LogP contribution >= 0.6 is 23.2 Å². The number of aromatic nitrogens is 1. The summed E-state index contributed by atoms with van der Waals surface area (Å²) in [5, 5.41) is 4.32. The SMILES string of the molecule is CCCCCCNC(=O)CC1CCN(C(=O)N2C(c3cnc(C(C)(C)C)cc3OCC)=N[C@@](C)(c3ccc(Cl)cc3)[C@@]2(C)c2ccc(Cl)cc2)CC1. The summed E-state index contributed by atoms with van der Waals surface area (Å²) in [6, 6.07) is 17.2. The zero-order valence-electron chi connectivity index (χ0n) is 31.9. The van der Waals surface area contributed by atoms with Crippen molar-refractivity contribution in [2.45, 2.75) is 110 Å². The van der Waals surface area contributed by atoms with Crippen molar-refractivity contribution < 1.29 is 14.3 Å². The highest BCUT2D eigenvalue weighted by molar-refractivity contribution is 6.30. The molecule has 1 N–H and O–H groups in total. The van der Waals surface area contributed by atoms with Crippen LogP contribution in [0, 0.1) is 5.92 Å². The van der Waals surface area contributed by atoms with E-state index in [1.807, 2.05) is 71.3 Å². The van der Waals surface area contributed by atoms with E-state index in [9.17, 15) is 4.79 Å². The van der Waals surface area contributed by atoms with Gasteiger partial charge in [-0.1, -0.05) is 94.4 Å². The van der Waals surface area contributed by atoms with Gasteiger partial charge in [0.15, 0.2) is 0 Å². The zero-order valence-corrected chi connectivity index (χ0v) is 33.4. The Bertz CT molecular complexity index is 1730. The van der Waals surface area contributed by atoms with Crippen LogP contribution in [-0.4, -0.2) is 58.8 Å². The van der Waals surface area contributed by atoms with Gasteiger partial charge in [0.1, 0.15) is 22.7 Å². The van der Waals surface area contributed by atoms with Crippen molar-refractivity contribution in [1.29, 1.82) is 0 Å². The van der Waals surface area contributed by atoms with Gasteiger partial charge in [-0.25, -0.2) is 4.79 Å². The number of likely N-dealkylation sites (tertiary alicyclic amines) is 1. The molecule has 5 rings (SSSR count). The van der Waals surface area contributed by atoms with E-state index >= 15 is 4.79 Å². The van der Waals surface area contributed by atoms with Gasteiger partial charge < -0.3 is 15.0 Å². The number of benzene rings is 2. The van der Waals surface area contributed by atoms with Crippen LogP contribution in [0.5, 0.6) is 5.75 Å². The number of carbonyl (C=O) groups is 2. The highest BCUT2D eigenvalue weighted by Gasteiger charge is 2.60. The number of hydrogen-bond donors (Lipinski definition) is 1. The minimum atomic E-state index is -1.02. The largest absolute Gasteiger partial charge is 0.493 e. The Hall–Kier alpha value is -3.62. The van der Waals surface area contributed by atoms with Crippen LogP contribution in [0.2, 0.25) is 10.0 Å². The number of nitrogens with one attached hydrogen (secondary N) is 1. The maximum Gasteiger partial charge on any atom is 0.326 e. The van der Waals surface area contributed by atoms with Crippen molar-refractivity contribution in [3.8, 4) is 5.75 Å². The van der Waals surface area contributed by atoms with E-state index in [2.05, 4.69) is 46.9 Å². The standard InChI is InChI=1S/C42H55Cl2N5O3/c1-8-10-11-12-23-45-37(50)26-29-21-24-48(25-22-29)39(51)49-38(34-28-46-36(40(3,4)5)27-35(34)52-9-2)47-41(6,30-13-17-32(43)18-14-30)42(49,7)31-15-19-33(44)20-16-31/h13-20,27-29H,8-12,21-26H2,1-7H3,(H,45,50)/t41-,42+/m0/s1. The van der Waals surface area contributed by atoms with Crippen LogP contribution < -0.4 is 10.1 Å². The minimum absolute atomic E-state index is 0.0962. The fourth-order valence-electron chi connectivity index (χ4n) is 7.44. The average Bonchev–Trinajstić information content (AvgIpc) is 3.36. The molecule has 0 bridgehead atoms. The maximum atomic E-state index is 15.2. The van der Waals surface area contributed by atoms with Crippen molar-refractivity contribution in [1.82, 2.24) is 20.1 Å². The van der Waals surface area contributed by atoms with Crippen LogP contribution in [0.15, 0.2) is 65.8 Å². The third kappa shape index (κ3) is 8.28. The number of piperidine rings is 1. The predicted octanol–water partition coefficient (Wildman–Crippen LogP) is 9.90. The van der Waals surface area contributed by atoms with Gasteiger partial charge in [-0.3, -0.25) is 19.7 Å². The van der Waals surface area contributed by atoms with E-state index in [0.717, 1.165) is 49.0 Å². The van der Waals surface area contributed by atoms with Crippen molar-refractivity contribution in [2.24, 2.45) is 10.9 Å². The number of unbranched alkanes of at least 4 members (excludes halogenated alkanes) is 3. The van der Waals surface area contributed by atoms with E-state index in [1.165, 1.54) is 12.8 Å². The monoisotopic (exact) mass is 747 g/mol. The van der Waals surface area contributed by atoms with Crippen molar-refractivity contribution in [2.75, 3.05) is 26.2 Å². The number of carbonyl (C=O) groups excluding carboxylic acids is 2. The molecule has 0 radical (unpaired) electrons. The van der Waals surface area contributed by atoms with Crippen LogP contribution in [0.25, 0.3) is 0 Å². The number of ether oxygens (including phenoxy) is 1. The van der Waals surface area contributed by atoms with E-state index in [-0.39, 0.29) is 23.3 Å². The van der Waals surface area contributed by atoms with Gasteiger partial charge in [0.25, 0.3) is 0 Å². The maximum absolute atomic E-state index is 15.2. The quantitative estimate of drug-likeness (QED) is 0.187. The molecule has 1 aromatic heterocycles. The Morgan fingerprint density at radius 3 is 2.12 bits per heavy atom. The summed E-state index contributed by atoms with van der Waals surface area (Å²) < 4.78 is 6.29. The molecule has 52 heavy (non-hydrogen) atoms. The minimum Gasteiger partial charge on any atom is -0.493 e. The number of amidine groups is 1. The number of aliphatic imine (C=N–C) groups is 1. The van der Waals surface area contributed by atoms with Gasteiger partial charge in [-0.15, -0.1) is 0 Å². The second kappa shape index (κ2) is 16.6. The van der Waals surface area contributed by atoms with E-state index < -0.39 is 11.1 Å². The predicted molar refractivity (Wildman–Crippen MR) is 212 cm³/mol. The Kier molecular flexibility index (Phi) is 12.6. The highest BCUT2D eigenvalue weighted by atomic mass is 35.5. The molecular weight excluding hydrogens is 693 g/mol. The second-order valence-electron chi connectivity index (χ2n) is 15.5. The van der Waals surface area contributed by atoms with Gasteiger partial charge in [-0.05, 0) is 81.3 Å². The fourth-order valence-corrected chi connectivity index (χ4v) is 7.69. The smallest absolute Gasteiger partial charge is 0.326 e. The molecule has 8 nitrogen and oxygen atoms in total. The number of urea groups is 1. The highest BCUT2D eigenvalue weighted by Crippen LogP contribution is 2.54. The first kappa shape index (κ1) is 39.6. The molecule has 2 aromatic carbocycles. The number of rotatable bonds is 12. The first-order chi connectivity index (χ1) is 24.7. The van der Waals surface area contributed by atoms with Gasteiger partial charge in [0.2, 0.25) is 5.91 Å². The summed E-state index contributed by atoms with van der Waals surface area (Å²) in [6.45, 7) is 16.8. The molecule has 1 saturated heterocycles. The third-order valence-electron chi connectivity index (χ3n) is 10.8. The Labute approximate surface area is 320 Å². The topological polar surface area (TPSA) is 87.1 Å². The van der Waals surface area contributed by atoms with Crippen LogP contribution in [0.3, 0.4) is 0 Å². The van der Waals surface area contributed by atoms with Gasteiger partial charge in [0, 0.05) is 59.5 Å². The summed E-state index contributed by atoms with van der Waals surface area (Å²) in [4.78, 5) is 42.2. The lowest BCUT2D eigenvalue weighted by Crippen LogP contribution is -2.59. The third-order valence-corrected chi connectivity index (χ3v) is 11.3. The number of hydrogen-bond acceptors (Lipinski definition) is 5. The first-order valence-electron chi connectivity index (χ1n) is 18.8. The van der Waals surface area contributed by atoms with Crippen LogP contribution in [0.1, 0.15) is 116 Å². The lowest BCUT2D eigenvalue weighted by Gasteiger charge is -2.47. The summed E-state index contributed by atoms with van der Waals surface area (Å²) in [5.74, 6) is 1.42. The zero-order chi connectivity index (χ0) is 37.7. The molecule has 2 aliphatic heterocycles. The lowest BCUT2D eigenvalue weighted by atomic mass is 9.71. The summed E-state index contributed by atoms with van der Waals surface area (Å²) in [6.07, 6.45) is 8.26. The molecule has 3 heterocycles. The average molecular weight is 749 g/mol. The first-order valence-corrected chi connectivity index (χ1v) is 19.6. The molecule has 10 heteroatoms. The molecule has 3 amide bonds. The van der Waals surface area contributed by atoms with E-state index in [0.29, 0.717) is 53.3 Å². The van der Waals surface area contributed by atoms with Crippen LogP contribution in [-0.2, 0) is 21.3 Å². The number of amides is 3. The van der Waals surface area contributed by atoms with Gasteiger partial charge in [0.05, 0.1) is 12.2 Å². The Balaban J connectivity index is 1.55. The Morgan fingerprint density at radius 1 is 0.923 bits per heavy atom. The van der Waals surface area contributed by atoms with E-state index in [4.69, 9.17) is 37.9 Å². The number of halogens is 2. The molecule has 1 fully saturated rings. The molecule has 2 aliphatic rings. The van der Waals surface area contributed by atoms with Crippen molar-refractivity contribution in [3.63, 3.8) is 0 Å². The summed E-state index contributed by atoms with van der Waals surface area (Å²) in [5.41, 5.74) is 1.11. The molecule has 2 atom stereocenters. The molecule has 0 aliphatic carbocycles. The van der Waals surface area contributed by atoms with Gasteiger partial charge >= 0.3 is 6.03 Å². The molecule has 0 saturated carbocycles.